The zero-order chi connectivity index (χ0) is 27.6. The highest BCUT2D eigenvalue weighted by atomic mass is 32.2. The van der Waals surface area contributed by atoms with E-state index in [-0.39, 0.29) is 35.8 Å². The van der Waals surface area contributed by atoms with E-state index in [0.29, 0.717) is 54.1 Å². The Hall–Kier alpha value is -4.19. The number of alkyl halides is 1. The van der Waals surface area contributed by atoms with Crippen LogP contribution in [0.1, 0.15) is 29.4 Å². The minimum Gasteiger partial charge on any atom is -0.490 e. The Labute approximate surface area is 232 Å². The topological polar surface area (TPSA) is 98.7 Å². The van der Waals surface area contributed by atoms with E-state index in [9.17, 15) is 13.6 Å². The van der Waals surface area contributed by atoms with Gasteiger partial charge in [-0.2, -0.15) is 0 Å². The van der Waals surface area contributed by atoms with Gasteiger partial charge >= 0.3 is 0 Å². The van der Waals surface area contributed by atoms with Gasteiger partial charge in [-0.15, -0.1) is 0 Å². The first-order valence-corrected chi connectivity index (χ1v) is 13.7. The second-order valence-electron chi connectivity index (χ2n) is 9.07. The smallest absolute Gasteiger partial charge is 0.251 e. The zero-order valence-corrected chi connectivity index (χ0v) is 22.3. The lowest BCUT2D eigenvalue weighted by Gasteiger charge is -2.30. The fourth-order valence-corrected chi connectivity index (χ4v) is 5.48. The fourth-order valence-electron chi connectivity index (χ4n) is 4.53. The van der Waals surface area contributed by atoms with Crippen molar-refractivity contribution in [2.75, 3.05) is 31.3 Å². The van der Waals surface area contributed by atoms with Gasteiger partial charge < -0.3 is 24.4 Å². The molecule has 40 heavy (non-hydrogen) atoms. The average molecular weight is 566 g/mol. The number of fused-ring (bicyclic) bond motifs is 3. The number of hydrogen-bond acceptors (Lipinski definition) is 9. The number of amides is 1. The lowest BCUT2D eigenvalue weighted by Crippen LogP contribution is -2.30. The maximum atomic E-state index is 14.6. The summed E-state index contributed by atoms with van der Waals surface area (Å²) in [6.07, 6.45) is 3.51. The van der Waals surface area contributed by atoms with Gasteiger partial charge in [-0.25, -0.2) is 18.7 Å². The van der Waals surface area contributed by atoms with Crippen LogP contribution in [0.2, 0.25) is 0 Å². The molecule has 2 aliphatic rings. The van der Waals surface area contributed by atoms with Crippen molar-refractivity contribution in [1.29, 1.82) is 0 Å². The third kappa shape index (κ3) is 5.18. The van der Waals surface area contributed by atoms with Crippen LogP contribution in [0.3, 0.4) is 0 Å². The van der Waals surface area contributed by atoms with Crippen LogP contribution in [0, 0.1) is 5.82 Å². The van der Waals surface area contributed by atoms with Crippen molar-refractivity contribution < 1.29 is 27.8 Å². The van der Waals surface area contributed by atoms with Crippen molar-refractivity contribution in [3.63, 3.8) is 0 Å². The first-order valence-electron chi connectivity index (χ1n) is 12.8. The number of nitrogens with zero attached hydrogens (tertiary/aromatic N) is 4. The molecule has 0 radical (unpaired) electrons. The van der Waals surface area contributed by atoms with Gasteiger partial charge in [0.05, 0.1) is 42.4 Å². The Morgan fingerprint density at radius 2 is 2.05 bits per heavy atom. The van der Waals surface area contributed by atoms with E-state index in [1.165, 1.54) is 6.07 Å². The van der Waals surface area contributed by atoms with Crippen molar-refractivity contribution >= 4 is 40.2 Å². The maximum Gasteiger partial charge on any atom is 0.251 e. The molecule has 9 nitrogen and oxygen atoms in total. The highest BCUT2D eigenvalue weighted by molar-refractivity contribution is 7.99. The van der Waals surface area contributed by atoms with Gasteiger partial charge in [0.2, 0.25) is 5.75 Å². The Morgan fingerprint density at radius 3 is 2.92 bits per heavy atom. The summed E-state index contributed by atoms with van der Waals surface area (Å²) in [5.74, 6) is 1.30. The normalized spacial score (nSPS) is 16.3. The Kier molecular flexibility index (Phi) is 7.25. The number of nitrogens with one attached hydrogen (secondary N) is 1. The first kappa shape index (κ1) is 26.1. The summed E-state index contributed by atoms with van der Waals surface area (Å²) < 4.78 is 45.5. The number of pyridine rings is 3. The Balaban J connectivity index is 1.21. The summed E-state index contributed by atoms with van der Waals surface area (Å²) in [4.78, 5) is 28.8. The predicted molar refractivity (Wildman–Crippen MR) is 146 cm³/mol. The number of carbonyl (C=O) groups excluding carboxylic acids is 1. The zero-order valence-electron chi connectivity index (χ0n) is 21.5. The van der Waals surface area contributed by atoms with Gasteiger partial charge in [0, 0.05) is 35.8 Å². The SMILES string of the molecule is CCOc1ccnc2c1OCCN2c1ccc2cnc(CNC(=O)c3cc(F)c4c(c3)SC(F)CCO4)cc2n1. The molecule has 0 aliphatic carbocycles. The quantitative estimate of drug-likeness (QED) is 0.339. The van der Waals surface area contributed by atoms with Crippen LogP contribution in [0.4, 0.5) is 20.4 Å². The van der Waals surface area contributed by atoms with E-state index in [1.807, 2.05) is 24.0 Å². The number of benzene rings is 1. The molecule has 0 saturated heterocycles. The fraction of sp³-hybridized carbons (Fsp3) is 0.286. The molecule has 0 saturated carbocycles. The minimum absolute atomic E-state index is 0.0213. The van der Waals surface area contributed by atoms with E-state index in [1.54, 1.807) is 24.5 Å². The second kappa shape index (κ2) is 11.1. The largest absolute Gasteiger partial charge is 0.490 e. The number of aromatic nitrogens is 3. The summed E-state index contributed by atoms with van der Waals surface area (Å²) >= 11 is 0.851. The average Bonchev–Trinajstić information content (AvgIpc) is 3.16. The molecule has 3 aromatic heterocycles. The summed E-state index contributed by atoms with van der Waals surface area (Å²) in [5, 5.41) is 3.59. The van der Waals surface area contributed by atoms with Crippen LogP contribution in [-0.4, -0.2) is 52.7 Å². The molecule has 0 bridgehead atoms. The van der Waals surface area contributed by atoms with E-state index in [0.717, 1.165) is 23.2 Å². The van der Waals surface area contributed by atoms with Crippen molar-refractivity contribution in [2.24, 2.45) is 0 Å². The molecule has 6 rings (SSSR count). The number of halogens is 2. The van der Waals surface area contributed by atoms with Crippen molar-refractivity contribution in [1.82, 2.24) is 20.3 Å². The van der Waals surface area contributed by atoms with E-state index < -0.39 is 17.2 Å². The Morgan fingerprint density at radius 1 is 1.18 bits per heavy atom. The molecule has 0 fully saturated rings. The molecule has 1 atom stereocenters. The number of ether oxygens (including phenoxy) is 3. The summed E-state index contributed by atoms with van der Waals surface area (Å²) in [6.45, 7) is 3.60. The summed E-state index contributed by atoms with van der Waals surface area (Å²) in [6, 6.07) is 9.93. The molecule has 1 N–H and O–H groups in total. The molecule has 0 spiro atoms. The molecule has 4 aromatic rings. The lowest BCUT2D eigenvalue weighted by molar-refractivity contribution is 0.0949. The van der Waals surface area contributed by atoms with Crippen molar-refractivity contribution in [3.05, 3.63) is 65.9 Å². The number of rotatable bonds is 6. The third-order valence-electron chi connectivity index (χ3n) is 6.41. The molecule has 5 heterocycles. The van der Waals surface area contributed by atoms with Crippen LogP contribution < -0.4 is 24.4 Å². The van der Waals surface area contributed by atoms with Gasteiger partial charge in [0.25, 0.3) is 5.91 Å². The lowest BCUT2D eigenvalue weighted by atomic mass is 10.2. The van der Waals surface area contributed by atoms with Crippen LogP contribution in [0.15, 0.2) is 53.7 Å². The predicted octanol–water partition coefficient (Wildman–Crippen LogP) is 5.19. The van der Waals surface area contributed by atoms with Crippen LogP contribution in [-0.2, 0) is 6.54 Å². The Bertz CT molecular complexity index is 1590. The number of anilines is 2. The van der Waals surface area contributed by atoms with Crippen LogP contribution >= 0.6 is 11.8 Å². The van der Waals surface area contributed by atoms with Gasteiger partial charge in [0.15, 0.2) is 28.6 Å². The highest BCUT2D eigenvalue weighted by Crippen LogP contribution is 2.41. The number of carbonyl (C=O) groups is 1. The first-order chi connectivity index (χ1) is 19.5. The molecule has 2 aliphatic heterocycles. The maximum absolute atomic E-state index is 14.6. The number of hydrogen-bond donors (Lipinski definition) is 1. The van der Waals surface area contributed by atoms with Crippen LogP contribution in [0.5, 0.6) is 17.2 Å². The van der Waals surface area contributed by atoms with Gasteiger partial charge in [0.1, 0.15) is 12.4 Å². The molecule has 12 heteroatoms. The van der Waals surface area contributed by atoms with E-state index in [4.69, 9.17) is 19.2 Å². The van der Waals surface area contributed by atoms with E-state index in [2.05, 4.69) is 15.3 Å². The summed E-state index contributed by atoms with van der Waals surface area (Å²) in [5.41, 5.74) is 0.102. The van der Waals surface area contributed by atoms with Crippen molar-refractivity contribution in [2.45, 2.75) is 30.3 Å². The van der Waals surface area contributed by atoms with Gasteiger partial charge in [-0.1, -0.05) is 11.8 Å². The number of thioether (sulfide) groups is 1. The summed E-state index contributed by atoms with van der Waals surface area (Å²) in [7, 11) is 0. The van der Waals surface area contributed by atoms with Gasteiger partial charge in [-0.3, -0.25) is 9.78 Å². The third-order valence-corrected chi connectivity index (χ3v) is 7.45. The highest BCUT2D eigenvalue weighted by Gasteiger charge is 2.26. The van der Waals surface area contributed by atoms with Crippen molar-refractivity contribution in [3.8, 4) is 17.2 Å². The monoisotopic (exact) mass is 565 g/mol. The van der Waals surface area contributed by atoms with E-state index >= 15 is 0 Å². The minimum atomic E-state index is -1.23. The van der Waals surface area contributed by atoms with Crippen LogP contribution in [0.25, 0.3) is 10.9 Å². The molecule has 1 amide bonds. The molecule has 1 unspecified atom stereocenters. The molecule has 1 aromatic carbocycles. The second-order valence-corrected chi connectivity index (χ2v) is 10.3. The molecular formula is C28H25F2N5O4S. The standard InChI is InChI=1S/C28H25F2N5O4S/c1-2-37-21-5-7-31-27-26(21)39-10-8-35(27)24-4-3-16-14-32-18(13-20(16)34-24)15-33-28(36)17-11-19(29)25-22(12-17)40-23(30)6-9-38-25/h3-5,7,11-14,23H,2,6,8-10,15H2,1H3,(H,33,36). The molecular weight excluding hydrogens is 540 g/mol. The van der Waals surface area contributed by atoms with Gasteiger partial charge in [-0.05, 0) is 37.3 Å². The molecule has 206 valence electrons.